The first kappa shape index (κ1) is 30.5. The van der Waals surface area contributed by atoms with Gasteiger partial charge in [0.05, 0.1) is 31.1 Å². The van der Waals surface area contributed by atoms with Crippen molar-refractivity contribution >= 4 is 27.5 Å². The molecule has 0 saturated carbocycles. The van der Waals surface area contributed by atoms with Crippen LogP contribution in [-0.2, 0) is 21.9 Å². The summed E-state index contributed by atoms with van der Waals surface area (Å²) in [5.74, 6) is -0.492. The molecule has 0 spiro atoms. The summed E-state index contributed by atoms with van der Waals surface area (Å²) in [6.45, 7) is 4.42. The molecular formula is C26H40N6O6S. The Morgan fingerprint density at radius 2 is 2.03 bits per heavy atom. The number of likely N-dealkylation sites (N-methyl/N-ethyl adjacent to an activating group) is 1. The number of imidazole rings is 1. The molecule has 2 N–H and O–H groups in total. The first-order valence-electron chi connectivity index (χ1n) is 12.9. The van der Waals surface area contributed by atoms with Crippen LogP contribution in [-0.4, -0.2) is 109 Å². The first-order chi connectivity index (χ1) is 18.3. The normalized spacial score (nSPS) is 18.9. The molecule has 2 aromatic rings. The summed E-state index contributed by atoms with van der Waals surface area (Å²) in [4.78, 5) is 33.6. The number of rotatable bonds is 11. The predicted octanol–water partition coefficient (Wildman–Crippen LogP) is 1.24. The number of amides is 2. The fraction of sp³-hybridized carbons (Fsp3) is 0.577. The topological polar surface area (TPSA) is 137 Å². The zero-order valence-electron chi connectivity index (χ0n) is 23.5. The minimum atomic E-state index is -3.87. The third-order valence-electron chi connectivity index (χ3n) is 6.75. The fourth-order valence-corrected chi connectivity index (χ4v) is 5.47. The molecule has 3 rings (SSSR count). The van der Waals surface area contributed by atoms with Gasteiger partial charge in [-0.3, -0.25) is 9.59 Å². The number of fused-ring (bicyclic) bond motifs is 1. The minimum Gasteiger partial charge on any atom is -0.488 e. The van der Waals surface area contributed by atoms with E-state index in [-0.39, 0.29) is 53.8 Å². The number of aromatic nitrogens is 2. The number of aryl methyl sites for hydroxylation is 1. The third-order valence-corrected chi connectivity index (χ3v) is 8.46. The Hall–Kier alpha value is -3.00. The van der Waals surface area contributed by atoms with Gasteiger partial charge in [-0.05, 0) is 52.2 Å². The molecule has 3 atom stereocenters. The number of sulfonamides is 1. The Kier molecular flexibility index (Phi) is 10.1. The zero-order valence-corrected chi connectivity index (χ0v) is 24.3. The highest BCUT2D eigenvalue weighted by Gasteiger charge is 2.35. The van der Waals surface area contributed by atoms with Crippen LogP contribution in [0.2, 0.25) is 0 Å². The van der Waals surface area contributed by atoms with Crippen LogP contribution >= 0.6 is 0 Å². The Morgan fingerprint density at radius 3 is 2.64 bits per heavy atom. The van der Waals surface area contributed by atoms with Crippen LogP contribution in [0.25, 0.3) is 0 Å². The number of hydrogen-bond donors (Lipinski definition) is 2. The van der Waals surface area contributed by atoms with Crippen molar-refractivity contribution in [2.24, 2.45) is 13.0 Å². The Bertz CT molecular complexity index is 1260. The largest absolute Gasteiger partial charge is 0.488 e. The van der Waals surface area contributed by atoms with Gasteiger partial charge in [-0.2, -0.15) is 4.31 Å². The molecule has 39 heavy (non-hydrogen) atoms. The van der Waals surface area contributed by atoms with E-state index in [2.05, 4.69) is 10.3 Å². The number of nitrogens with one attached hydrogen (secondary N) is 1. The molecule has 12 nitrogen and oxygen atoms in total. The maximum Gasteiger partial charge on any atom is 0.261 e. The van der Waals surface area contributed by atoms with E-state index in [4.69, 9.17) is 4.74 Å². The molecule has 2 amide bonds. The van der Waals surface area contributed by atoms with Crippen LogP contribution in [0.3, 0.4) is 0 Å². The molecule has 1 aromatic heterocycles. The zero-order chi connectivity index (χ0) is 28.9. The van der Waals surface area contributed by atoms with Crippen LogP contribution in [0, 0.1) is 5.92 Å². The molecule has 216 valence electrons. The molecule has 2 heterocycles. The molecule has 13 heteroatoms. The second kappa shape index (κ2) is 12.9. The van der Waals surface area contributed by atoms with Crippen molar-refractivity contribution < 1.29 is 27.9 Å². The highest BCUT2D eigenvalue weighted by Crippen LogP contribution is 2.31. The van der Waals surface area contributed by atoms with Gasteiger partial charge >= 0.3 is 0 Å². The number of aliphatic hydroxyl groups excluding tert-OH is 1. The van der Waals surface area contributed by atoms with Crippen molar-refractivity contribution in [2.75, 3.05) is 52.7 Å². The van der Waals surface area contributed by atoms with E-state index in [0.29, 0.717) is 18.5 Å². The van der Waals surface area contributed by atoms with E-state index < -0.39 is 22.2 Å². The molecule has 0 unspecified atom stereocenters. The molecule has 0 aliphatic carbocycles. The van der Waals surface area contributed by atoms with Gasteiger partial charge in [-0.15, -0.1) is 0 Å². The lowest BCUT2D eigenvalue weighted by Crippen LogP contribution is -2.50. The fourth-order valence-electron chi connectivity index (χ4n) is 4.33. The smallest absolute Gasteiger partial charge is 0.261 e. The number of carbonyl (C=O) groups excluding carboxylic acids is 2. The van der Waals surface area contributed by atoms with E-state index in [9.17, 15) is 23.1 Å². The average Bonchev–Trinajstić information content (AvgIpc) is 3.32. The van der Waals surface area contributed by atoms with E-state index >= 15 is 0 Å². The SMILES string of the molecule is C[C@@H]1CN([C@H](C)CO)C(=O)c2cc(NC(=O)CCCN(C)C)ccc2O[C@H]1CN(C)S(=O)(=O)c1cn(C)cn1. The number of nitrogens with zero attached hydrogens (tertiary/aromatic N) is 5. The van der Waals surface area contributed by atoms with E-state index in [0.717, 1.165) is 6.54 Å². The molecule has 0 bridgehead atoms. The van der Waals surface area contributed by atoms with Crippen LogP contribution < -0.4 is 10.1 Å². The van der Waals surface area contributed by atoms with Gasteiger partial charge in [-0.1, -0.05) is 6.92 Å². The number of carbonyl (C=O) groups is 2. The molecule has 1 aliphatic rings. The number of aliphatic hydroxyl groups is 1. The lowest BCUT2D eigenvalue weighted by Gasteiger charge is -2.38. The van der Waals surface area contributed by atoms with Crippen LogP contribution in [0.5, 0.6) is 5.75 Å². The maximum absolute atomic E-state index is 13.6. The maximum atomic E-state index is 13.6. The highest BCUT2D eigenvalue weighted by atomic mass is 32.2. The number of benzene rings is 1. The third kappa shape index (κ3) is 7.56. The summed E-state index contributed by atoms with van der Waals surface area (Å²) < 4.78 is 35.3. The average molecular weight is 565 g/mol. The van der Waals surface area contributed by atoms with Gasteiger partial charge < -0.3 is 29.5 Å². The summed E-state index contributed by atoms with van der Waals surface area (Å²) in [5, 5.41) is 12.6. The molecule has 1 aliphatic heterocycles. The first-order valence-corrected chi connectivity index (χ1v) is 14.4. The van der Waals surface area contributed by atoms with Crippen molar-refractivity contribution in [3.8, 4) is 5.75 Å². The van der Waals surface area contributed by atoms with E-state index in [1.165, 1.54) is 23.9 Å². The summed E-state index contributed by atoms with van der Waals surface area (Å²) in [7, 11) is 3.17. The van der Waals surface area contributed by atoms with Gasteiger partial charge in [0.2, 0.25) is 5.91 Å². The lowest BCUT2D eigenvalue weighted by atomic mass is 9.99. The van der Waals surface area contributed by atoms with Crippen molar-refractivity contribution in [1.82, 2.24) is 23.7 Å². The Morgan fingerprint density at radius 1 is 1.31 bits per heavy atom. The highest BCUT2D eigenvalue weighted by molar-refractivity contribution is 7.89. The van der Waals surface area contributed by atoms with Gasteiger partial charge in [0.1, 0.15) is 11.9 Å². The van der Waals surface area contributed by atoms with Crippen molar-refractivity contribution in [3.05, 3.63) is 36.3 Å². The molecule has 1 aromatic carbocycles. The number of hydrogen-bond acceptors (Lipinski definition) is 8. The van der Waals surface area contributed by atoms with Gasteiger partial charge in [0.15, 0.2) is 5.03 Å². The van der Waals surface area contributed by atoms with E-state index in [1.54, 1.807) is 41.6 Å². The second-order valence-corrected chi connectivity index (χ2v) is 12.4. The minimum absolute atomic E-state index is 0.0133. The van der Waals surface area contributed by atoms with E-state index in [1.807, 2.05) is 25.9 Å². The predicted molar refractivity (Wildman–Crippen MR) is 147 cm³/mol. The Labute approximate surface area is 230 Å². The molecule has 0 saturated heterocycles. The lowest BCUT2D eigenvalue weighted by molar-refractivity contribution is -0.116. The van der Waals surface area contributed by atoms with Gasteiger partial charge in [-0.25, -0.2) is 13.4 Å². The van der Waals surface area contributed by atoms with Crippen LogP contribution in [0.4, 0.5) is 5.69 Å². The summed E-state index contributed by atoms with van der Waals surface area (Å²) >= 11 is 0. The van der Waals surface area contributed by atoms with Gasteiger partial charge in [0.25, 0.3) is 15.9 Å². The molecular weight excluding hydrogens is 524 g/mol. The van der Waals surface area contributed by atoms with Crippen LogP contribution in [0.15, 0.2) is 35.7 Å². The summed E-state index contributed by atoms with van der Waals surface area (Å²) in [5.41, 5.74) is 0.686. The quantitative estimate of drug-likeness (QED) is 0.416. The van der Waals surface area contributed by atoms with Crippen molar-refractivity contribution in [1.29, 1.82) is 0 Å². The van der Waals surface area contributed by atoms with Crippen molar-refractivity contribution in [2.45, 2.75) is 43.9 Å². The van der Waals surface area contributed by atoms with Crippen molar-refractivity contribution in [3.63, 3.8) is 0 Å². The Balaban J connectivity index is 1.89. The monoisotopic (exact) mass is 564 g/mol. The number of ether oxygens (including phenoxy) is 1. The summed E-state index contributed by atoms with van der Waals surface area (Å²) in [6, 6.07) is 4.36. The molecule has 0 fully saturated rings. The summed E-state index contributed by atoms with van der Waals surface area (Å²) in [6.07, 6.45) is 3.28. The standard InChI is InChI=1S/C26H40N6O6S/c1-18-13-32(19(2)16-33)26(35)21-12-20(28-24(34)8-7-11-29(3)4)9-10-22(21)38-23(18)14-31(6)39(36,37)25-15-30(5)17-27-25/h9-10,12,15,17-19,23,33H,7-8,11,13-14,16H2,1-6H3,(H,28,34)/t18-,19-,23+/m1/s1. The molecule has 0 radical (unpaired) electrons. The number of anilines is 1. The van der Waals surface area contributed by atoms with Gasteiger partial charge in [0, 0.05) is 44.9 Å². The van der Waals surface area contributed by atoms with Crippen LogP contribution in [0.1, 0.15) is 37.0 Å². The second-order valence-electron chi connectivity index (χ2n) is 10.5.